The van der Waals surface area contributed by atoms with Gasteiger partial charge in [-0.2, -0.15) is 0 Å². The number of rotatable bonds is 2. The lowest BCUT2D eigenvalue weighted by Gasteiger charge is -2.27. The van der Waals surface area contributed by atoms with Gasteiger partial charge in [-0.25, -0.2) is 19.5 Å². The third kappa shape index (κ3) is 2.42. The molecule has 4 heterocycles. The summed E-state index contributed by atoms with van der Waals surface area (Å²) in [4.78, 5) is 21.8. The summed E-state index contributed by atoms with van der Waals surface area (Å²) in [6.07, 6.45) is 0.0618. The number of aromatic nitrogens is 4. The number of imidazole rings is 1. The number of aliphatic hydroxyl groups is 1. The summed E-state index contributed by atoms with van der Waals surface area (Å²) in [5.74, 6) is -0.408. The zero-order valence-electron chi connectivity index (χ0n) is 12.3. The van der Waals surface area contributed by atoms with Crippen molar-refractivity contribution in [1.82, 2.24) is 19.5 Å². The lowest BCUT2D eigenvalue weighted by molar-refractivity contribution is -0.143. The van der Waals surface area contributed by atoms with Crippen molar-refractivity contribution in [3.05, 3.63) is 6.33 Å². The third-order valence-electron chi connectivity index (χ3n) is 3.93. The van der Waals surface area contributed by atoms with Gasteiger partial charge in [0.2, 0.25) is 0 Å². The Labute approximate surface area is 139 Å². The summed E-state index contributed by atoms with van der Waals surface area (Å²) >= 11 is 1.31. The molecule has 2 aromatic heterocycles. The van der Waals surface area contributed by atoms with Gasteiger partial charge in [-0.1, -0.05) is 11.8 Å². The molecule has 0 amide bonds. The van der Waals surface area contributed by atoms with Crippen molar-refractivity contribution in [3.63, 3.8) is 0 Å². The number of nitrogens with two attached hydrogens (primary N) is 1. The number of nitrogen functional groups attached to an aromatic ring is 1. The smallest absolute Gasteiger partial charge is 0.388 e. The van der Waals surface area contributed by atoms with Gasteiger partial charge in [-0.15, -0.1) is 0 Å². The molecule has 24 heavy (non-hydrogen) atoms. The van der Waals surface area contributed by atoms with E-state index >= 15 is 0 Å². The van der Waals surface area contributed by atoms with Crippen molar-refractivity contribution in [2.75, 3.05) is 18.6 Å². The second-order valence-electron chi connectivity index (χ2n) is 5.32. The second-order valence-corrected chi connectivity index (χ2v) is 7.50. The number of hydrogen-bond donors (Lipinski definition) is 3. The van der Waals surface area contributed by atoms with Crippen LogP contribution in [0.25, 0.3) is 11.2 Å². The van der Waals surface area contributed by atoms with Crippen LogP contribution >= 0.6 is 19.6 Å². The highest BCUT2D eigenvalue weighted by molar-refractivity contribution is 7.98. The van der Waals surface area contributed by atoms with Gasteiger partial charge in [0.05, 0.1) is 12.5 Å². The number of nitrogens with zero attached hydrogens (tertiary/aromatic N) is 4. The molecular formula is C11H14N5O6PS. The number of phosphoric acid groups is 1. The zero-order valence-corrected chi connectivity index (χ0v) is 14.1. The lowest BCUT2D eigenvalue weighted by atomic mass is 10.1. The molecule has 0 radical (unpaired) electrons. The second kappa shape index (κ2) is 5.63. The van der Waals surface area contributed by atoms with E-state index in [1.54, 1.807) is 10.8 Å². The number of hydrogen-bond acceptors (Lipinski definition) is 10. The Kier molecular flexibility index (Phi) is 3.80. The number of thioether (sulfide) groups is 1. The molecular weight excluding hydrogens is 361 g/mol. The van der Waals surface area contributed by atoms with Crippen LogP contribution in [0.4, 0.5) is 5.82 Å². The normalized spacial score (nSPS) is 36.1. The molecule has 11 nitrogen and oxygen atoms in total. The molecule has 2 aromatic rings. The van der Waals surface area contributed by atoms with E-state index in [-0.39, 0.29) is 12.4 Å². The van der Waals surface area contributed by atoms with Crippen molar-refractivity contribution in [1.29, 1.82) is 0 Å². The molecule has 5 atom stereocenters. The van der Waals surface area contributed by atoms with Gasteiger partial charge in [-0.3, -0.25) is 13.6 Å². The van der Waals surface area contributed by atoms with Gasteiger partial charge in [0, 0.05) is 0 Å². The van der Waals surface area contributed by atoms with Gasteiger partial charge in [0.15, 0.2) is 34.7 Å². The number of anilines is 1. The van der Waals surface area contributed by atoms with E-state index in [0.717, 1.165) is 0 Å². The molecule has 4 N–H and O–H groups in total. The maximum atomic E-state index is 11.5. The molecule has 2 aliphatic rings. The predicted molar refractivity (Wildman–Crippen MR) is 81.8 cm³/mol. The van der Waals surface area contributed by atoms with E-state index in [9.17, 15) is 14.6 Å². The molecule has 0 bridgehead atoms. The summed E-state index contributed by atoms with van der Waals surface area (Å²) in [7, 11) is -4.17. The fourth-order valence-electron chi connectivity index (χ4n) is 2.81. The molecule has 0 saturated carbocycles. The molecule has 0 aromatic carbocycles. The van der Waals surface area contributed by atoms with Crippen molar-refractivity contribution in [3.8, 4) is 0 Å². The Balaban J connectivity index is 1.78. The largest absolute Gasteiger partial charge is 0.474 e. The van der Waals surface area contributed by atoms with Gasteiger partial charge < -0.3 is 20.5 Å². The van der Waals surface area contributed by atoms with Crippen LogP contribution in [0.2, 0.25) is 0 Å². The van der Waals surface area contributed by atoms with Gasteiger partial charge in [0.25, 0.3) is 0 Å². The number of fused-ring (bicyclic) bond motifs is 2. The molecule has 0 aliphatic carbocycles. The Hall–Kier alpha value is -1.27. The molecule has 3 unspecified atom stereocenters. The van der Waals surface area contributed by atoms with E-state index in [2.05, 4.69) is 15.0 Å². The van der Waals surface area contributed by atoms with Crippen LogP contribution in [0.1, 0.15) is 6.23 Å². The fraction of sp³-hybridized carbons (Fsp3) is 0.545. The minimum atomic E-state index is -4.17. The highest BCUT2D eigenvalue weighted by atomic mass is 32.2. The minimum Gasteiger partial charge on any atom is -0.388 e. The summed E-state index contributed by atoms with van der Waals surface area (Å²) in [5, 5.41) is 11.1. The van der Waals surface area contributed by atoms with Crippen LogP contribution in [0, 0.1) is 5.92 Å². The molecule has 2 fully saturated rings. The van der Waals surface area contributed by atoms with Gasteiger partial charge in [-0.05, 0) is 6.26 Å². The van der Waals surface area contributed by atoms with Crippen LogP contribution in [0.15, 0.2) is 11.5 Å². The summed E-state index contributed by atoms with van der Waals surface area (Å²) in [6.45, 7) is -0.158. The van der Waals surface area contributed by atoms with Crippen molar-refractivity contribution in [2.45, 2.75) is 23.8 Å². The summed E-state index contributed by atoms with van der Waals surface area (Å²) < 4.78 is 28.5. The van der Waals surface area contributed by atoms with Crippen molar-refractivity contribution >= 4 is 36.6 Å². The van der Waals surface area contributed by atoms with Crippen molar-refractivity contribution in [2.24, 2.45) is 5.92 Å². The Morgan fingerprint density at radius 3 is 3.04 bits per heavy atom. The van der Waals surface area contributed by atoms with E-state index < -0.39 is 32.4 Å². The van der Waals surface area contributed by atoms with Gasteiger partial charge in [0.1, 0.15) is 12.4 Å². The summed E-state index contributed by atoms with van der Waals surface area (Å²) in [6, 6.07) is 0. The molecule has 2 aliphatic heterocycles. The lowest BCUT2D eigenvalue weighted by Crippen LogP contribution is -2.34. The van der Waals surface area contributed by atoms with Crippen LogP contribution < -0.4 is 5.73 Å². The van der Waals surface area contributed by atoms with Crippen LogP contribution in [-0.2, 0) is 18.3 Å². The highest BCUT2D eigenvalue weighted by Gasteiger charge is 2.52. The topological polar surface area (TPSA) is 155 Å². The third-order valence-corrected chi connectivity index (χ3v) is 5.53. The molecule has 130 valence electrons. The first-order chi connectivity index (χ1) is 11.4. The first-order valence-electron chi connectivity index (χ1n) is 6.93. The predicted octanol–water partition coefficient (Wildman–Crippen LogP) is 0.110. The van der Waals surface area contributed by atoms with E-state index in [1.807, 2.05) is 0 Å². The fourth-order valence-corrected chi connectivity index (χ4v) is 4.27. The minimum absolute atomic E-state index is 0.158. The van der Waals surface area contributed by atoms with Crippen LogP contribution in [-0.4, -0.2) is 54.8 Å². The first kappa shape index (κ1) is 16.2. The van der Waals surface area contributed by atoms with E-state index in [4.69, 9.17) is 19.5 Å². The molecule has 0 spiro atoms. The first-order valence-corrected chi connectivity index (χ1v) is 9.65. The van der Waals surface area contributed by atoms with E-state index in [0.29, 0.717) is 16.3 Å². The van der Waals surface area contributed by atoms with Crippen LogP contribution in [0.5, 0.6) is 0 Å². The maximum absolute atomic E-state index is 11.5. The van der Waals surface area contributed by atoms with E-state index in [1.165, 1.54) is 18.1 Å². The van der Waals surface area contributed by atoms with Gasteiger partial charge >= 0.3 is 7.82 Å². The average Bonchev–Trinajstić information content (AvgIpc) is 3.04. The molecule has 13 heteroatoms. The standard InChI is InChI=1S/C11H14N5O6PS/c1-24-11-15-5-7(12)13-3-14-8(5)16(11)9-6(17)4-2-20-23(18,19)22-10(4)21-9/h3-4,6,9-10,17H,2H2,1H3,(H,18,19)(H2,12,13,14)/t4?,6-,9-,10?/m1/s1. The number of ether oxygens (including phenoxy) is 1. The monoisotopic (exact) mass is 375 g/mol. The van der Waals surface area contributed by atoms with Crippen molar-refractivity contribution < 1.29 is 28.3 Å². The number of phosphoric ester groups is 1. The van der Waals surface area contributed by atoms with Crippen LogP contribution in [0.3, 0.4) is 0 Å². The molecule has 4 rings (SSSR count). The summed E-state index contributed by atoms with van der Waals surface area (Å²) in [5.41, 5.74) is 6.60. The Bertz CT molecular complexity index is 848. The zero-order chi connectivity index (χ0) is 17.1. The quantitative estimate of drug-likeness (QED) is 0.484. The molecule has 2 saturated heterocycles. The SMILES string of the molecule is CSc1nc2c(N)ncnc2n1[C@@H]1OC2OP(=O)(O)OCC2[C@H]1O. The average molecular weight is 375 g/mol. The Morgan fingerprint density at radius 1 is 1.50 bits per heavy atom. The highest BCUT2D eigenvalue weighted by Crippen LogP contribution is 2.54. The maximum Gasteiger partial charge on any atom is 0.474 e. The Morgan fingerprint density at radius 2 is 2.29 bits per heavy atom. The number of aliphatic hydroxyl groups excluding tert-OH is 1.